The molecule has 2 aliphatic carbocycles. The summed E-state index contributed by atoms with van der Waals surface area (Å²) in [5.41, 5.74) is 16.6. The fraction of sp³-hybridized carbons (Fsp3) is 0.410. The quantitative estimate of drug-likeness (QED) is 0.0607. The number of ketones is 1. The van der Waals surface area contributed by atoms with Crippen molar-refractivity contribution in [2.75, 3.05) is 0 Å². The molecule has 8 aromatic carbocycles. The van der Waals surface area contributed by atoms with Gasteiger partial charge < -0.3 is 5.11 Å². The van der Waals surface area contributed by atoms with E-state index in [2.05, 4.69) is 193 Å². The molecule has 0 saturated heterocycles. The Morgan fingerprint density at radius 1 is 0.534 bits per heavy atom. The zero-order chi connectivity index (χ0) is 64.4. The number of allylic oxidation sites excluding steroid dienone is 2. The summed E-state index contributed by atoms with van der Waals surface area (Å²) < 4.78 is 17.4. The molecule has 461 valence electrons. The minimum atomic E-state index is -0.248. The fourth-order valence-corrected chi connectivity index (χ4v) is 13.8. The predicted molar refractivity (Wildman–Crippen MR) is 374 cm³/mol. The van der Waals surface area contributed by atoms with Crippen molar-refractivity contribution in [2.45, 2.75) is 189 Å². The second-order valence-electron chi connectivity index (χ2n) is 30.7. The van der Waals surface area contributed by atoms with Gasteiger partial charge in [-0.05, 0) is 170 Å². The third-order valence-corrected chi connectivity index (χ3v) is 18.5. The Morgan fingerprint density at radius 2 is 0.966 bits per heavy atom. The van der Waals surface area contributed by atoms with Crippen molar-refractivity contribution >= 4 is 70.4 Å². The van der Waals surface area contributed by atoms with Gasteiger partial charge >= 0.3 is 0 Å². The Bertz CT molecular complexity index is 4440. The van der Waals surface area contributed by atoms with Crippen LogP contribution in [0.3, 0.4) is 0 Å². The molecule has 0 unspecified atom stereocenters. The molecule has 0 spiro atoms. The van der Waals surface area contributed by atoms with Gasteiger partial charge in [-0.2, -0.15) is 0 Å². The molecule has 0 bridgehead atoms. The number of aliphatic hydroxyl groups excluding tert-OH is 1. The van der Waals surface area contributed by atoms with Crippen molar-refractivity contribution in [3.63, 3.8) is 0 Å². The Labute approximate surface area is 543 Å². The molecule has 0 fully saturated rings. The van der Waals surface area contributed by atoms with E-state index in [0.717, 1.165) is 108 Å². The van der Waals surface area contributed by atoms with Crippen LogP contribution in [0.4, 0.5) is 0 Å². The monoisotopic (exact) mass is 1350 g/mol. The van der Waals surface area contributed by atoms with Gasteiger partial charge in [0, 0.05) is 61.2 Å². The van der Waals surface area contributed by atoms with Crippen molar-refractivity contribution in [1.82, 2.24) is 9.97 Å². The molecule has 2 aromatic heterocycles. The van der Waals surface area contributed by atoms with Gasteiger partial charge in [0.2, 0.25) is 0 Å². The van der Waals surface area contributed by atoms with Gasteiger partial charge in [-0.1, -0.05) is 224 Å². The molecule has 1 radical (unpaired) electrons. The largest absolute Gasteiger partial charge is 0.512 e. The average Bonchev–Trinajstić information content (AvgIpc) is 0.724. The zero-order valence-corrected chi connectivity index (χ0v) is 58.5. The number of pyridine rings is 2. The Hall–Kier alpha value is -6.52. The van der Waals surface area contributed by atoms with E-state index in [1.54, 1.807) is 0 Å². The van der Waals surface area contributed by atoms with Gasteiger partial charge in [0.1, 0.15) is 5.76 Å². The van der Waals surface area contributed by atoms with E-state index in [-0.39, 0.29) is 64.6 Å². The molecular weight excluding hydrogens is 1250 g/mol. The topological polar surface area (TPSA) is 63.1 Å². The van der Waals surface area contributed by atoms with Crippen molar-refractivity contribution < 1.29 is 32.7 Å². The van der Waals surface area contributed by atoms with Gasteiger partial charge in [-0.3, -0.25) is 14.8 Å². The number of aromatic nitrogens is 2. The third-order valence-electron chi connectivity index (χ3n) is 18.5. The number of hydrogen-bond acceptors (Lipinski definition) is 4. The second kappa shape index (κ2) is 25.4. The molecule has 12 rings (SSSR count). The van der Waals surface area contributed by atoms with Crippen LogP contribution in [-0.2, 0) is 63.4 Å². The van der Waals surface area contributed by atoms with Gasteiger partial charge in [0.15, 0.2) is 5.78 Å². The Morgan fingerprint density at radius 3 is 1.41 bits per heavy atom. The van der Waals surface area contributed by atoms with E-state index in [1.165, 1.54) is 99.2 Å². The number of aryl methyl sites for hydroxylation is 1. The summed E-state index contributed by atoms with van der Waals surface area (Å²) in [6.07, 6.45) is 11.3. The summed E-state index contributed by atoms with van der Waals surface area (Å²) >= 11 is 0. The first-order valence-electron chi connectivity index (χ1n) is 33.4. The van der Waals surface area contributed by atoms with E-state index in [4.69, 9.17) is 12.7 Å². The summed E-state index contributed by atoms with van der Waals surface area (Å²) in [5.74, 6) is 0.366. The minimum Gasteiger partial charge on any atom is -0.512 e. The van der Waals surface area contributed by atoms with Gasteiger partial charge in [-0.15, -0.1) is 57.3 Å². The number of carbonyl (C=O) groups is 1. The van der Waals surface area contributed by atoms with Gasteiger partial charge in [0.25, 0.3) is 0 Å². The maximum absolute atomic E-state index is 11.9. The van der Waals surface area contributed by atoms with Crippen molar-refractivity contribution in [1.29, 1.82) is 0 Å². The normalized spacial score (nSPS) is 13.6. The number of fused-ring (bicyclic) bond motifs is 10. The van der Waals surface area contributed by atoms with Gasteiger partial charge in [-0.25, -0.2) is 0 Å². The SMILES string of the molecule is CCC(CC)C(=O)/C=C(\O)C(C)(CC)CC.[2H]c1cc2c3c(cc4c(CC(C)(C)C)cccc42)Cc2c([c-]c4cc(C)ccc4c2CC(C)(C)C)-c3n1.[2H]c1cc2c3c(cc4c(CC(C)(C)C)cccc42)Cc2c([c-]c4ccccc4c2CC(C)(C)C)-c3n1.[Ir]. The molecule has 10 aromatic rings. The van der Waals surface area contributed by atoms with Crippen molar-refractivity contribution in [3.05, 3.63) is 190 Å². The number of carbonyl (C=O) groups excluding carboxylic acids is 1. The van der Waals surface area contributed by atoms with E-state index >= 15 is 0 Å². The number of nitrogens with zero attached hydrogens (tertiary/aromatic N) is 2. The molecule has 0 atom stereocenters. The van der Waals surface area contributed by atoms with E-state index in [0.29, 0.717) is 12.3 Å². The summed E-state index contributed by atoms with van der Waals surface area (Å²) in [4.78, 5) is 21.6. The molecule has 2 heterocycles. The first kappa shape index (κ1) is 63.1. The van der Waals surface area contributed by atoms with Crippen LogP contribution >= 0.6 is 0 Å². The van der Waals surface area contributed by atoms with Crippen LogP contribution in [0.2, 0.25) is 0 Å². The first-order valence-corrected chi connectivity index (χ1v) is 32.4. The minimum absolute atomic E-state index is 0. The number of benzene rings is 8. The summed E-state index contributed by atoms with van der Waals surface area (Å²) in [7, 11) is 0. The smallest absolute Gasteiger partial charge is 0.162 e. The molecule has 4 nitrogen and oxygen atoms in total. The first-order chi connectivity index (χ1) is 41.8. The van der Waals surface area contributed by atoms with E-state index in [1.807, 2.05) is 46.8 Å². The molecule has 1 N–H and O–H groups in total. The second-order valence-corrected chi connectivity index (χ2v) is 30.7. The molecule has 0 saturated carbocycles. The average molecular weight is 1350 g/mol. The molecular formula is C83H96IrN2O2-2. The third kappa shape index (κ3) is 13.6. The predicted octanol–water partition coefficient (Wildman–Crippen LogP) is 22.7. The van der Waals surface area contributed by atoms with Crippen molar-refractivity contribution in [2.24, 2.45) is 33.0 Å². The fourth-order valence-electron chi connectivity index (χ4n) is 13.8. The van der Waals surface area contributed by atoms with E-state index < -0.39 is 0 Å². The molecule has 0 amide bonds. The van der Waals surface area contributed by atoms with Crippen LogP contribution in [0.5, 0.6) is 0 Å². The Balaban J connectivity index is 0.000000172. The number of rotatable bonds is 11. The Kier molecular flexibility index (Phi) is 18.2. The maximum Gasteiger partial charge on any atom is 0.162 e. The summed E-state index contributed by atoms with van der Waals surface area (Å²) in [6, 6.07) is 45.1. The van der Waals surface area contributed by atoms with Crippen molar-refractivity contribution in [3.8, 4) is 22.5 Å². The molecule has 0 aliphatic heterocycles. The molecule has 88 heavy (non-hydrogen) atoms. The molecule has 5 heteroatoms. The summed E-state index contributed by atoms with van der Waals surface area (Å²) in [5, 5.41) is 24.7. The van der Waals surface area contributed by atoms with Crippen LogP contribution in [0.15, 0.2) is 127 Å². The maximum atomic E-state index is 11.9. The standard InChI is InChI=1S/C35H36N.C34H34N.C14H26O2.Ir/c1-21-11-12-25-23(15-21)16-30-29(31(25)20-35(5,6)7)18-24-17-28-22(19-34(2,3)4)9-8-10-26(28)27-13-14-36-33(30)32(24)27;1-33(2,3)19-22-11-9-13-25-26-14-15-35-32-29-16-21-10-7-8-12-24(21)30(20-34(4,5)6)28(29)18-23(31(26)32)17-27(22)25;1-6-11(7-2)12(15)10-13(16)14(5,8-3)9-4;/h8-15,17H,18-20H2,1-7H3;7-15,17H,18-20H2,1-6H3;10-11,16H,6-9H2,1-5H3;/q2*-1;;/b;;13-10-;/i14D;15D;;. The zero-order valence-electron chi connectivity index (χ0n) is 58.1. The summed E-state index contributed by atoms with van der Waals surface area (Å²) in [6.45, 7) is 40.0. The van der Waals surface area contributed by atoms with Gasteiger partial charge in [0.05, 0.1) is 2.74 Å². The van der Waals surface area contributed by atoms with Crippen LogP contribution in [0.25, 0.3) is 87.1 Å². The number of aliphatic hydroxyl groups is 1. The van der Waals surface area contributed by atoms with Crippen LogP contribution in [0.1, 0.15) is 196 Å². The van der Waals surface area contributed by atoms with Crippen LogP contribution in [0, 0.1) is 52.0 Å². The number of hydrogen-bond donors (Lipinski definition) is 1. The van der Waals surface area contributed by atoms with Crippen LogP contribution in [-0.4, -0.2) is 20.9 Å². The van der Waals surface area contributed by atoms with Crippen LogP contribution < -0.4 is 0 Å². The molecule has 2 aliphatic rings. The van der Waals surface area contributed by atoms with E-state index in [9.17, 15) is 9.90 Å².